The summed E-state index contributed by atoms with van der Waals surface area (Å²) in [6.45, 7) is 0.813. The van der Waals surface area contributed by atoms with E-state index in [4.69, 9.17) is 5.73 Å². The molecular formula is C10H13F2NO. The van der Waals surface area contributed by atoms with Gasteiger partial charge in [0.25, 0.3) is 5.92 Å². The third kappa shape index (κ3) is 2.08. The van der Waals surface area contributed by atoms with E-state index in [-0.39, 0.29) is 5.56 Å². The molecule has 0 aromatic heterocycles. The molecule has 0 aliphatic carbocycles. The molecule has 1 atom stereocenters. The lowest BCUT2D eigenvalue weighted by molar-refractivity contribution is -0.103. The quantitative estimate of drug-likeness (QED) is 0.780. The molecule has 0 bridgehead atoms. The summed E-state index contributed by atoms with van der Waals surface area (Å²) in [4.78, 5) is 0. The Morgan fingerprint density at radius 2 is 2.00 bits per heavy atom. The van der Waals surface area contributed by atoms with Gasteiger partial charge in [0.15, 0.2) is 0 Å². The van der Waals surface area contributed by atoms with Crippen LogP contribution < -0.4 is 5.73 Å². The molecule has 4 heteroatoms. The highest BCUT2D eigenvalue weighted by molar-refractivity contribution is 5.29. The number of nitrogens with two attached hydrogens (primary N) is 1. The SMILES string of the molecule is Cc1ccccc1C(O)C(F)(F)CN. The molecule has 0 heterocycles. The molecule has 14 heavy (non-hydrogen) atoms. The van der Waals surface area contributed by atoms with Gasteiger partial charge in [-0.3, -0.25) is 0 Å². The fourth-order valence-electron chi connectivity index (χ4n) is 1.23. The molecule has 0 aliphatic heterocycles. The predicted molar refractivity (Wildman–Crippen MR) is 50.1 cm³/mol. The lowest BCUT2D eigenvalue weighted by atomic mass is 9.99. The molecule has 0 aliphatic rings. The summed E-state index contributed by atoms with van der Waals surface area (Å²) in [7, 11) is 0. The molecule has 78 valence electrons. The highest BCUT2D eigenvalue weighted by atomic mass is 19.3. The molecule has 3 N–H and O–H groups in total. The Kier molecular flexibility index (Phi) is 3.18. The Bertz CT molecular complexity index is 315. The largest absolute Gasteiger partial charge is 0.382 e. The van der Waals surface area contributed by atoms with Crippen molar-refractivity contribution in [1.29, 1.82) is 0 Å². The Morgan fingerprint density at radius 1 is 1.43 bits per heavy atom. The zero-order valence-corrected chi connectivity index (χ0v) is 7.87. The summed E-state index contributed by atoms with van der Waals surface area (Å²) in [6.07, 6.45) is -1.83. The average molecular weight is 201 g/mol. The van der Waals surface area contributed by atoms with E-state index in [0.717, 1.165) is 0 Å². The second-order valence-electron chi connectivity index (χ2n) is 3.22. The molecule has 0 amide bonds. The van der Waals surface area contributed by atoms with Crippen molar-refractivity contribution in [2.75, 3.05) is 6.54 Å². The second-order valence-corrected chi connectivity index (χ2v) is 3.22. The molecular weight excluding hydrogens is 188 g/mol. The maximum atomic E-state index is 13.0. The van der Waals surface area contributed by atoms with Gasteiger partial charge in [-0.1, -0.05) is 24.3 Å². The van der Waals surface area contributed by atoms with Crippen LogP contribution in [0.5, 0.6) is 0 Å². The molecule has 0 radical (unpaired) electrons. The van der Waals surface area contributed by atoms with E-state index in [1.54, 1.807) is 25.1 Å². The summed E-state index contributed by atoms with van der Waals surface area (Å²) < 4.78 is 26.1. The number of aliphatic hydroxyl groups excluding tert-OH is 1. The van der Waals surface area contributed by atoms with Crippen LogP contribution in [0.2, 0.25) is 0 Å². The van der Waals surface area contributed by atoms with Crippen LogP contribution in [0, 0.1) is 6.92 Å². The van der Waals surface area contributed by atoms with Crippen molar-refractivity contribution in [2.45, 2.75) is 19.0 Å². The molecule has 0 spiro atoms. The minimum Gasteiger partial charge on any atom is -0.382 e. The van der Waals surface area contributed by atoms with E-state index in [9.17, 15) is 13.9 Å². The molecule has 0 saturated carbocycles. The van der Waals surface area contributed by atoms with E-state index < -0.39 is 18.6 Å². The predicted octanol–water partition coefficient (Wildman–Crippen LogP) is 1.62. The van der Waals surface area contributed by atoms with E-state index in [1.165, 1.54) is 6.07 Å². The molecule has 1 unspecified atom stereocenters. The Labute approximate surface area is 81.4 Å². The van der Waals surface area contributed by atoms with Gasteiger partial charge in [0, 0.05) is 0 Å². The molecule has 1 aromatic rings. The smallest absolute Gasteiger partial charge is 0.289 e. The van der Waals surface area contributed by atoms with Crippen molar-refractivity contribution < 1.29 is 13.9 Å². The Morgan fingerprint density at radius 3 is 2.50 bits per heavy atom. The normalized spacial score (nSPS) is 14.1. The van der Waals surface area contributed by atoms with Crippen LogP contribution >= 0.6 is 0 Å². The van der Waals surface area contributed by atoms with Crippen LogP contribution in [0.1, 0.15) is 17.2 Å². The topological polar surface area (TPSA) is 46.2 Å². The maximum absolute atomic E-state index is 13.0. The number of hydrogen-bond acceptors (Lipinski definition) is 2. The lowest BCUT2D eigenvalue weighted by Gasteiger charge is -2.22. The van der Waals surface area contributed by atoms with Gasteiger partial charge in [-0.15, -0.1) is 0 Å². The minimum atomic E-state index is -3.27. The first-order valence-corrected chi connectivity index (χ1v) is 4.30. The third-order valence-corrected chi connectivity index (χ3v) is 2.16. The van der Waals surface area contributed by atoms with Crippen LogP contribution in [-0.2, 0) is 0 Å². The lowest BCUT2D eigenvalue weighted by Crippen LogP contribution is -2.35. The van der Waals surface area contributed by atoms with E-state index in [0.29, 0.717) is 5.56 Å². The van der Waals surface area contributed by atoms with Gasteiger partial charge in [0.05, 0.1) is 6.54 Å². The van der Waals surface area contributed by atoms with Crippen LogP contribution in [0.3, 0.4) is 0 Å². The standard InChI is InChI=1S/C10H13F2NO/c1-7-4-2-3-5-8(7)9(14)10(11,12)6-13/h2-5,9,14H,6,13H2,1H3. The van der Waals surface area contributed by atoms with Gasteiger partial charge in [-0.05, 0) is 18.1 Å². The van der Waals surface area contributed by atoms with Crippen LogP contribution in [0.4, 0.5) is 8.78 Å². The summed E-state index contributed by atoms with van der Waals surface area (Å²) in [5, 5.41) is 9.40. The van der Waals surface area contributed by atoms with Crippen molar-refractivity contribution >= 4 is 0 Å². The summed E-state index contributed by atoms with van der Waals surface area (Å²) in [5.74, 6) is -3.27. The minimum absolute atomic E-state index is 0.225. The third-order valence-electron chi connectivity index (χ3n) is 2.16. The maximum Gasteiger partial charge on any atom is 0.289 e. The highest BCUT2D eigenvalue weighted by Gasteiger charge is 2.38. The van der Waals surface area contributed by atoms with Crippen molar-refractivity contribution in [3.8, 4) is 0 Å². The zero-order valence-electron chi connectivity index (χ0n) is 7.87. The fourth-order valence-corrected chi connectivity index (χ4v) is 1.23. The molecule has 1 rings (SSSR count). The fraction of sp³-hybridized carbons (Fsp3) is 0.400. The average Bonchev–Trinajstić information content (AvgIpc) is 2.17. The first kappa shape index (κ1) is 11.1. The highest BCUT2D eigenvalue weighted by Crippen LogP contribution is 2.31. The number of halogens is 2. The molecule has 2 nitrogen and oxygen atoms in total. The number of alkyl halides is 2. The first-order chi connectivity index (χ1) is 6.49. The number of aryl methyl sites for hydroxylation is 1. The number of benzene rings is 1. The number of aliphatic hydroxyl groups is 1. The van der Waals surface area contributed by atoms with Gasteiger partial charge in [0.1, 0.15) is 6.10 Å². The van der Waals surface area contributed by atoms with Gasteiger partial charge >= 0.3 is 0 Å². The van der Waals surface area contributed by atoms with E-state index in [2.05, 4.69) is 0 Å². The van der Waals surface area contributed by atoms with Gasteiger partial charge in [0.2, 0.25) is 0 Å². The van der Waals surface area contributed by atoms with E-state index >= 15 is 0 Å². The summed E-state index contributed by atoms with van der Waals surface area (Å²) in [6, 6.07) is 6.49. The molecule has 0 fully saturated rings. The van der Waals surface area contributed by atoms with Crippen LogP contribution in [0.15, 0.2) is 24.3 Å². The van der Waals surface area contributed by atoms with Crippen molar-refractivity contribution in [3.05, 3.63) is 35.4 Å². The van der Waals surface area contributed by atoms with Crippen molar-refractivity contribution in [2.24, 2.45) is 5.73 Å². The zero-order chi connectivity index (χ0) is 10.8. The van der Waals surface area contributed by atoms with Crippen molar-refractivity contribution in [3.63, 3.8) is 0 Å². The Balaban J connectivity index is 3.00. The van der Waals surface area contributed by atoms with E-state index in [1.807, 2.05) is 0 Å². The monoisotopic (exact) mass is 201 g/mol. The number of rotatable bonds is 3. The number of hydrogen-bond donors (Lipinski definition) is 2. The van der Waals surface area contributed by atoms with Crippen LogP contribution in [0.25, 0.3) is 0 Å². The van der Waals surface area contributed by atoms with Gasteiger partial charge in [-0.2, -0.15) is 0 Å². The van der Waals surface area contributed by atoms with Crippen LogP contribution in [-0.4, -0.2) is 17.6 Å². The molecule has 1 aromatic carbocycles. The van der Waals surface area contributed by atoms with Gasteiger partial charge < -0.3 is 10.8 Å². The molecule has 0 saturated heterocycles. The van der Waals surface area contributed by atoms with Crippen molar-refractivity contribution in [1.82, 2.24) is 0 Å². The summed E-state index contributed by atoms with van der Waals surface area (Å²) >= 11 is 0. The second kappa shape index (κ2) is 4.02. The first-order valence-electron chi connectivity index (χ1n) is 4.30. The summed E-state index contributed by atoms with van der Waals surface area (Å²) in [5.41, 5.74) is 5.74. The van der Waals surface area contributed by atoms with Gasteiger partial charge in [-0.25, -0.2) is 8.78 Å². The Hall–Kier alpha value is -1.00.